The molecule has 0 fully saturated rings. The zero-order valence-electron chi connectivity index (χ0n) is 16.0. The molecule has 0 radical (unpaired) electrons. The molecule has 0 spiro atoms. The van der Waals surface area contributed by atoms with E-state index in [0.29, 0.717) is 17.3 Å². The van der Waals surface area contributed by atoms with Gasteiger partial charge in [-0.3, -0.25) is 10.1 Å². The molecule has 1 N–H and O–H groups in total. The number of hydrogen-bond donors (Lipinski definition) is 1. The van der Waals surface area contributed by atoms with Crippen LogP contribution in [0.3, 0.4) is 0 Å². The number of rotatable bonds is 6. The van der Waals surface area contributed by atoms with Crippen LogP contribution in [-0.2, 0) is 16.6 Å². The standard InChI is InChI=1S/C21H19N3O4S/c1-3-27-13-8-9-16-18(10-13)29-21(22-16)23-19(25)12-28-20(26)15-11-24(2)17-7-5-4-6-14(15)17/h4-11H,3,12H2,1-2H3,(H,22,23,25). The number of nitrogens with zero attached hydrogens (tertiary/aromatic N) is 2. The van der Waals surface area contributed by atoms with Crippen molar-refractivity contribution in [2.45, 2.75) is 6.92 Å². The van der Waals surface area contributed by atoms with E-state index in [4.69, 9.17) is 9.47 Å². The molecule has 8 heteroatoms. The molecule has 4 aromatic rings. The van der Waals surface area contributed by atoms with Crippen molar-refractivity contribution in [1.29, 1.82) is 0 Å². The number of esters is 1. The molecule has 2 heterocycles. The molecule has 0 unspecified atom stereocenters. The SMILES string of the molecule is CCOc1ccc2nc(NC(=O)COC(=O)c3cn(C)c4ccccc34)sc2c1. The lowest BCUT2D eigenvalue weighted by Gasteiger charge is -2.03. The lowest BCUT2D eigenvalue weighted by atomic mass is 10.2. The fourth-order valence-corrected chi connectivity index (χ4v) is 3.99. The Balaban J connectivity index is 1.40. The van der Waals surface area contributed by atoms with Crippen LogP contribution in [0.25, 0.3) is 21.1 Å². The lowest BCUT2D eigenvalue weighted by molar-refractivity contribution is -0.119. The Morgan fingerprint density at radius 3 is 2.86 bits per heavy atom. The third-order valence-corrected chi connectivity index (χ3v) is 5.30. The van der Waals surface area contributed by atoms with Crippen LogP contribution >= 0.6 is 11.3 Å². The molecule has 0 bridgehead atoms. The Morgan fingerprint density at radius 2 is 2.03 bits per heavy atom. The van der Waals surface area contributed by atoms with Crippen LogP contribution < -0.4 is 10.1 Å². The predicted molar refractivity (Wildman–Crippen MR) is 113 cm³/mol. The summed E-state index contributed by atoms with van der Waals surface area (Å²) in [5, 5.41) is 3.91. The highest BCUT2D eigenvalue weighted by Gasteiger charge is 2.17. The van der Waals surface area contributed by atoms with Gasteiger partial charge in [-0.15, -0.1) is 0 Å². The van der Waals surface area contributed by atoms with E-state index in [-0.39, 0.29) is 6.61 Å². The van der Waals surface area contributed by atoms with Gasteiger partial charge in [0.25, 0.3) is 5.91 Å². The second kappa shape index (κ2) is 7.92. The summed E-state index contributed by atoms with van der Waals surface area (Å²) in [6.07, 6.45) is 1.70. The van der Waals surface area contributed by atoms with E-state index in [2.05, 4.69) is 10.3 Å². The molecule has 7 nitrogen and oxygen atoms in total. The first-order chi connectivity index (χ1) is 14.0. The molecule has 0 atom stereocenters. The normalized spacial score (nSPS) is 11.0. The topological polar surface area (TPSA) is 82.5 Å². The third kappa shape index (κ3) is 3.93. The number of aromatic nitrogens is 2. The molecule has 29 heavy (non-hydrogen) atoms. The highest BCUT2D eigenvalue weighted by atomic mass is 32.1. The van der Waals surface area contributed by atoms with Gasteiger partial charge in [0, 0.05) is 24.1 Å². The molecule has 4 rings (SSSR count). The number of fused-ring (bicyclic) bond motifs is 2. The van der Waals surface area contributed by atoms with Crippen molar-refractivity contribution in [3.8, 4) is 5.75 Å². The van der Waals surface area contributed by atoms with Crippen LogP contribution in [0.15, 0.2) is 48.7 Å². The predicted octanol–water partition coefficient (Wildman–Crippen LogP) is 3.98. The van der Waals surface area contributed by atoms with Gasteiger partial charge in [0.1, 0.15) is 5.75 Å². The molecular weight excluding hydrogens is 390 g/mol. The maximum absolute atomic E-state index is 12.4. The van der Waals surface area contributed by atoms with Gasteiger partial charge in [0.05, 0.1) is 22.4 Å². The number of benzene rings is 2. The first-order valence-electron chi connectivity index (χ1n) is 9.09. The zero-order valence-corrected chi connectivity index (χ0v) is 16.8. The average Bonchev–Trinajstić information content (AvgIpc) is 3.27. The minimum Gasteiger partial charge on any atom is -0.494 e. The lowest BCUT2D eigenvalue weighted by Crippen LogP contribution is -2.20. The van der Waals surface area contributed by atoms with Crippen LogP contribution in [-0.4, -0.2) is 34.6 Å². The summed E-state index contributed by atoms with van der Waals surface area (Å²) < 4.78 is 13.4. The highest BCUT2D eigenvalue weighted by Crippen LogP contribution is 2.29. The number of nitrogens with one attached hydrogen (secondary N) is 1. The van der Waals surface area contributed by atoms with Gasteiger partial charge in [-0.05, 0) is 31.2 Å². The Bertz CT molecular complexity index is 1210. The number of aryl methyl sites for hydroxylation is 1. The molecule has 2 aromatic heterocycles. The van der Waals surface area contributed by atoms with Crippen LogP contribution in [0.4, 0.5) is 5.13 Å². The first-order valence-corrected chi connectivity index (χ1v) is 9.91. The number of carbonyl (C=O) groups excluding carboxylic acids is 2. The average molecular weight is 409 g/mol. The first kappa shape index (κ1) is 18.9. The number of anilines is 1. The van der Waals surface area contributed by atoms with Crippen molar-refractivity contribution in [2.75, 3.05) is 18.5 Å². The van der Waals surface area contributed by atoms with Gasteiger partial charge < -0.3 is 14.0 Å². The summed E-state index contributed by atoms with van der Waals surface area (Å²) in [5.74, 6) is -0.226. The molecular formula is C21H19N3O4S. The van der Waals surface area contributed by atoms with Gasteiger partial charge in [0.2, 0.25) is 0 Å². The van der Waals surface area contributed by atoms with Crippen molar-refractivity contribution in [3.05, 3.63) is 54.2 Å². The summed E-state index contributed by atoms with van der Waals surface area (Å²) >= 11 is 1.33. The van der Waals surface area contributed by atoms with Crippen molar-refractivity contribution in [2.24, 2.45) is 7.05 Å². The van der Waals surface area contributed by atoms with Gasteiger partial charge in [-0.2, -0.15) is 0 Å². The van der Waals surface area contributed by atoms with Crippen molar-refractivity contribution in [1.82, 2.24) is 9.55 Å². The van der Waals surface area contributed by atoms with E-state index in [9.17, 15) is 9.59 Å². The van der Waals surface area contributed by atoms with E-state index >= 15 is 0 Å². The largest absolute Gasteiger partial charge is 0.494 e. The molecule has 0 aliphatic rings. The molecule has 148 valence electrons. The number of thiazole rings is 1. The van der Waals surface area contributed by atoms with Crippen LogP contribution in [0.1, 0.15) is 17.3 Å². The van der Waals surface area contributed by atoms with Crippen LogP contribution in [0, 0.1) is 0 Å². The van der Waals surface area contributed by atoms with E-state index in [1.54, 1.807) is 6.20 Å². The summed E-state index contributed by atoms with van der Waals surface area (Å²) in [5.41, 5.74) is 2.12. The molecule has 1 amide bonds. The Hall–Kier alpha value is -3.39. The minimum atomic E-state index is -0.539. The molecule has 0 aliphatic carbocycles. The number of hydrogen-bond acceptors (Lipinski definition) is 6. The highest BCUT2D eigenvalue weighted by molar-refractivity contribution is 7.22. The smallest absolute Gasteiger partial charge is 0.340 e. The van der Waals surface area contributed by atoms with Gasteiger partial charge in [-0.25, -0.2) is 9.78 Å². The number of amides is 1. The Labute approximate surface area is 170 Å². The third-order valence-electron chi connectivity index (χ3n) is 4.37. The molecule has 0 saturated carbocycles. The Kier molecular flexibility index (Phi) is 5.18. The fourth-order valence-electron chi connectivity index (χ4n) is 3.08. The second-order valence-electron chi connectivity index (χ2n) is 6.38. The van der Waals surface area contributed by atoms with Crippen LogP contribution in [0.5, 0.6) is 5.75 Å². The van der Waals surface area contributed by atoms with E-state index in [1.807, 2.05) is 61.0 Å². The Morgan fingerprint density at radius 1 is 1.21 bits per heavy atom. The van der Waals surface area contributed by atoms with Gasteiger partial charge in [0.15, 0.2) is 11.7 Å². The summed E-state index contributed by atoms with van der Waals surface area (Å²) in [6.45, 7) is 2.11. The van der Waals surface area contributed by atoms with Crippen LogP contribution in [0.2, 0.25) is 0 Å². The molecule has 0 aliphatic heterocycles. The number of ether oxygens (including phenoxy) is 2. The van der Waals surface area contributed by atoms with E-state index in [1.165, 1.54) is 11.3 Å². The number of para-hydroxylation sites is 1. The quantitative estimate of drug-likeness (QED) is 0.487. The summed E-state index contributed by atoms with van der Waals surface area (Å²) in [6, 6.07) is 13.1. The summed E-state index contributed by atoms with van der Waals surface area (Å²) in [4.78, 5) is 29.0. The molecule has 0 saturated heterocycles. The van der Waals surface area contributed by atoms with Crippen molar-refractivity contribution < 1.29 is 19.1 Å². The monoisotopic (exact) mass is 409 g/mol. The van der Waals surface area contributed by atoms with Gasteiger partial charge in [-0.1, -0.05) is 29.5 Å². The van der Waals surface area contributed by atoms with E-state index < -0.39 is 11.9 Å². The van der Waals surface area contributed by atoms with Crippen molar-refractivity contribution in [3.63, 3.8) is 0 Å². The maximum atomic E-state index is 12.4. The minimum absolute atomic E-state index is 0.387. The maximum Gasteiger partial charge on any atom is 0.340 e. The molecule has 2 aromatic carbocycles. The fraction of sp³-hybridized carbons (Fsp3) is 0.190. The zero-order chi connectivity index (χ0) is 20.4. The van der Waals surface area contributed by atoms with E-state index in [0.717, 1.165) is 26.9 Å². The van der Waals surface area contributed by atoms with Gasteiger partial charge >= 0.3 is 5.97 Å². The summed E-state index contributed by atoms with van der Waals surface area (Å²) in [7, 11) is 1.86. The number of carbonyl (C=O) groups is 2. The van der Waals surface area contributed by atoms with Crippen molar-refractivity contribution >= 4 is 49.5 Å². The second-order valence-corrected chi connectivity index (χ2v) is 7.41.